The van der Waals surface area contributed by atoms with Crippen LogP contribution in [0, 0.1) is 20.8 Å². The van der Waals surface area contributed by atoms with E-state index >= 15 is 0 Å². The zero-order valence-corrected chi connectivity index (χ0v) is 13.5. The van der Waals surface area contributed by atoms with Gasteiger partial charge in [0.25, 0.3) is 0 Å². The third-order valence-corrected chi connectivity index (χ3v) is 4.38. The average molecular weight is 301 g/mol. The van der Waals surface area contributed by atoms with Gasteiger partial charge in [0.15, 0.2) is 0 Å². The van der Waals surface area contributed by atoms with Crippen LogP contribution in [0.15, 0.2) is 11.4 Å². The van der Waals surface area contributed by atoms with Gasteiger partial charge in [-0.3, -0.25) is 5.10 Å². The quantitative estimate of drug-likeness (QED) is 0.775. The summed E-state index contributed by atoms with van der Waals surface area (Å²) in [7, 11) is 0. The third-order valence-electron chi connectivity index (χ3n) is 3.39. The zero-order chi connectivity index (χ0) is 15.0. The van der Waals surface area contributed by atoms with Gasteiger partial charge in [0.2, 0.25) is 0 Å². The highest BCUT2D eigenvalue weighted by Crippen LogP contribution is 2.29. The minimum absolute atomic E-state index is 0.254. The van der Waals surface area contributed by atoms with Crippen molar-refractivity contribution in [3.05, 3.63) is 34.2 Å². The largest absolute Gasteiger partial charge is 0.367 e. The van der Waals surface area contributed by atoms with E-state index in [-0.39, 0.29) is 6.04 Å². The molecule has 0 aliphatic carbocycles. The van der Waals surface area contributed by atoms with Crippen LogP contribution in [0.25, 0.3) is 10.2 Å². The van der Waals surface area contributed by atoms with E-state index in [1.807, 2.05) is 13.8 Å². The molecular weight excluding hydrogens is 282 g/mol. The van der Waals surface area contributed by atoms with E-state index in [1.54, 1.807) is 11.3 Å². The van der Waals surface area contributed by atoms with Crippen molar-refractivity contribution in [1.82, 2.24) is 20.2 Å². The minimum atomic E-state index is 0.254. The number of hydrogen-bond acceptors (Lipinski definition) is 5. The van der Waals surface area contributed by atoms with E-state index in [1.165, 1.54) is 5.56 Å². The summed E-state index contributed by atoms with van der Waals surface area (Å²) in [6.45, 7) is 8.20. The number of aryl methyl sites for hydroxylation is 3. The van der Waals surface area contributed by atoms with Gasteiger partial charge in [0.1, 0.15) is 16.5 Å². The van der Waals surface area contributed by atoms with Crippen LogP contribution in [0.5, 0.6) is 0 Å². The van der Waals surface area contributed by atoms with Gasteiger partial charge in [-0.25, -0.2) is 9.97 Å². The van der Waals surface area contributed by atoms with Crippen molar-refractivity contribution in [2.45, 2.75) is 40.2 Å². The molecular formula is C15H19N5S. The van der Waals surface area contributed by atoms with Crippen LogP contribution >= 0.6 is 11.3 Å². The maximum Gasteiger partial charge on any atom is 0.138 e. The summed E-state index contributed by atoms with van der Waals surface area (Å²) in [6.07, 6.45) is 0.859. The Hall–Kier alpha value is -1.95. The van der Waals surface area contributed by atoms with Crippen molar-refractivity contribution in [3.63, 3.8) is 0 Å². The molecule has 3 aromatic heterocycles. The van der Waals surface area contributed by atoms with E-state index in [9.17, 15) is 0 Å². The fourth-order valence-electron chi connectivity index (χ4n) is 2.47. The maximum atomic E-state index is 4.58. The number of hydrogen-bond donors (Lipinski definition) is 2. The van der Waals surface area contributed by atoms with E-state index in [0.717, 1.165) is 39.7 Å². The summed E-state index contributed by atoms with van der Waals surface area (Å²) in [5.41, 5.74) is 3.38. The first-order valence-corrected chi connectivity index (χ1v) is 7.90. The summed E-state index contributed by atoms with van der Waals surface area (Å²) in [6, 6.07) is 2.33. The second kappa shape index (κ2) is 5.44. The molecule has 5 nitrogen and oxygen atoms in total. The number of anilines is 1. The Bertz CT molecular complexity index is 774. The Balaban J connectivity index is 1.85. The number of nitrogens with one attached hydrogen (secondary N) is 2. The minimum Gasteiger partial charge on any atom is -0.367 e. The van der Waals surface area contributed by atoms with Crippen LogP contribution in [0.1, 0.15) is 29.7 Å². The SMILES string of the molecule is Cc1nc(NC(C)Cc2cc(C)[nH]n2)c2c(C)csc2n1. The average Bonchev–Trinajstić information content (AvgIpc) is 2.96. The van der Waals surface area contributed by atoms with Crippen LogP contribution < -0.4 is 5.32 Å². The first-order chi connectivity index (χ1) is 10.0. The molecule has 0 aliphatic heterocycles. The highest BCUT2D eigenvalue weighted by Gasteiger charge is 2.13. The molecule has 0 spiro atoms. The van der Waals surface area contributed by atoms with E-state index in [2.05, 4.69) is 50.8 Å². The van der Waals surface area contributed by atoms with Gasteiger partial charge in [0, 0.05) is 18.2 Å². The number of nitrogens with zero attached hydrogens (tertiary/aromatic N) is 3. The lowest BCUT2D eigenvalue weighted by Gasteiger charge is -2.14. The van der Waals surface area contributed by atoms with Crippen LogP contribution in [-0.4, -0.2) is 26.2 Å². The third kappa shape index (κ3) is 2.90. The van der Waals surface area contributed by atoms with Crippen molar-refractivity contribution in [3.8, 4) is 0 Å². The van der Waals surface area contributed by atoms with Gasteiger partial charge < -0.3 is 5.32 Å². The van der Waals surface area contributed by atoms with Crippen LogP contribution in [0.4, 0.5) is 5.82 Å². The topological polar surface area (TPSA) is 66.5 Å². The predicted octanol–water partition coefficient (Wildman–Crippen LogP) is 3.38. The van der Waals surface area contributed by atoms with E-state index in [0.29, 0.717) is 0 Å². The number of rotatable bonds is 4. The lowest BCUT2D eigenvalue weighted by molar-refractivity contribution is 0.760. The van der Waals surface area contributed by atoms with Crippen LogP contribution in [0.2, 0.25) is 0 Å². The molecule has 21 heavy (non-hydrogen) atoms. The Morgan fingerprint density at radius 1 is 1.29 bits per heavy atom. The second-order valence-corrected chi connectivity index (χ2v) is 6.37. The number of aromatic nitrogens is 4. The monoisotopic (exact) mass is 301 g/mol. The van der Waals surface area contributed by atoms with Gasteiger partial charge in [-0.1, -0.05) is 0 Å². The van der Waals surface area contributed by atoms with Crippen molar-refractivity contribution in [1.29, 1.82) is 0 Å². The molecule has 6 heteroatoms. The van der Waals surface area contributed by atoms with Crippen molar-refractivity contribution in [2.24, 2.45) is 0 Å². The predicted molar refractivity (Wildman–Crippen MR) is 87.0 cm³/mol. The smallest absolute Gasteiger partial charge is 0.138 e. The van der Waals surface area contributed by atoms with Gasteiger partial charge >= 0.3 is 0 Å². The van der Waals surface area contributed by atoms with Crippen molar-refractivity contribution < 1.29 is 0 Å². The molecule has 1 unspecified atom stereocenters. The first-order valence-electron chi connectivity index (χ1n) is 7.03. The molecule has 0 radical (unpaired) electrons. The molecule has 0 bridgehead atoms. The standard InChI is InChI=1S/C15H19N5S/c1-8-7-21-15-13(8)14(17-11(4)18-15)16-9(2)5-12-6-10(3)19-20-12/h6-7,9H,5H2,1-4H3,(H,19,20)(H,16,17,18). The second-order valence-electron chi connectivity index (χ2n) is 5.51. The van der Waals surface area contributed by atoms with Crippen LogP contribution in [-0.2, 0) is 6.42 Å². The lowest BCUT2D eigenvalue weighted by Crippen LogP contribution is -2.19. The molecule has 2 N–H and O–H groups in total. The highest BCUT2D eigenvalue weighted by molar-refractivity contribution is 7.17. The van der Waals surface area contributed by atoms with Gasteiger partial charge in [-0.2, -0.15) is 5.10 Å². The highest BCUT2D eigenvalue weighted by atomic mass is 32.1. The maximum absolute atomic E-state index is 4.58. The molecule has 0 aromatic carbocycles. The van der Waals surface area contributed by atoms with Gasteiger partial charge in [-0.05, 0) is 44.7 Å². The summed E-state index contributed by atoms with van der Waals surface area (Å²) < 4.78 is 0. The zero-order valence-electron chi connectivity index (χ0n) is 12.7. The summed E-state index contributed by atoms with van der Waals surface area (Å²) >= 11 is 1.67. The summed E-state index contributed by atoms with van der Waals surface area (Å²) in [5.74, 6) is 1.73. The molecule has 0 saturated carbocycles. The fourth-order valence-corrected chi connectivity index (χ4v) is 3.44. The molecule has 0 fully saturated rings. The molecule has 3 aromatic rings. The molecule has 3 rings (SSSR count). The lowest BCUT2D eigenvalue weighted by atomic mass is 10.1. The van der Waals surface area contributed by atoms with E-state index in [4.69, 9.17) is 0 Å². The number of thiophene rings is 1. The molecule has 0 saturated heterocycles. The molecule has 110 valence electrons. The summed E-state index contributed by atoms with van der Waals surface area (Å²) in [4.78, 5) is 10.1. The number of aromatic amines is 1. The van der Waals surface area contributed by atoms with Crippen molar-refractivity contribution in [2.75, 3.05) is 5.32 Å². The number of H-pyrrole nitrogens is 1. The first kappa shape index (κ1) is 14.0. The van der Waals surface area contributed by atoms with Gasteiger partial charge in [-0.15, -0.1) is 11.3 Å². The Morgan fingerprint density at radius 3 is 2.81 bits per heavy atom. The Morgan fingerprint density at radius 2 is 2.10 bits per heavy atom. The van der Waals surface area contributed by atoms with Crippen LogP contribution in [0.3, 0.4) is 0 Å². The molecule has 0 amide bonds. The molecule has 1 atom stereocenters. The Labute approximate surface area is 127 Å². The normalized spacial score (nSPS) is 12.8. The molecule has 3 heterocycles. The summed E-state index contributed by atoms with van der Waals surface area (Å²) in [5, 5.41) is 14.0. The fraction of sp³-hybridized carbons (Fsp3) is 0.400. The molecule has 0 aliphatic rings. The number of fused-ring (bicyclic) bond motifs is 1. The van der Waals surface area contributed by atoms with E-state index < -0.39 is 0 Å². The van der Waals surface area contributed by atoms with Crippen molar-refractivity contribution >= 4 is 27.4 Å². The Kier molecular flexibility index (Phi) is 3.63. The van der Waals surface area contributed by atoms with Gasteiger partial charge in [0.05, 0.1) is 11.1 Å².